The Kier molecular flexibility index (Phi) is 6.78. The molecular weight excluding hydrogens is 272 g/mol. The third kappa shape index (κ3) is 4.24. The second kappa shape index (κ2) is 8.34. The van der Waals surface area contributed by atoms with Gasteiger partial charge in [-0.05, 0) is 26.3 Å². The zero-order valence-electron chi connectivity index (χ0n) is 12.8. The van der Waals surface area contributed by atoms with Crippen LogP contribution in [0.1, 0.15) is 39.4 Å². The van der Waals surface area contributed by atoms with Gasteiger partial charge in [0.2, 0.25) is 0 Å². The van der Waals surface area contributed by atoms with Gasteiger partial charge in [0.05, 0.1) is 13.2 Å². The summed E-state index contributed by atoms with van der Waals surface area (Å²) in [6.45, 7) is 5.73. The number of carbonyl (C=O) groups excluding carboxylic acids is 2. The van der Waals surface area contributed by atoms with E-state index in [1.54, 1.807) is 32.3 Å². The Morgan fingerprint density at radius 3 is 2.00 bits per heavy atom. The van der Waals surface area contributed by atoms with Gasteiger partial charge in [-0.2, -0.15) is 0 Å². The zero-order chi connectivity index (χ0) is 15.7. The van der Waals surface area contributed by atoms with Crippen molar-refractivity contribution in [3.05, 3.63) is 24.3 Å². The molecule has 6 nitrogen and oxygen atoms in total. The quantitative estimate of drug-likeness (QED) is 0.538. The molecule has 0 N–H and O–H groups in total. The zero-order valence-corrected chi connectivity index (χ0v) is 12.8. The topological polar surface area (TPSA) is 78.4 Å². The van der Waals surface area contributed by atoms with Gasteiger partial charge in [0.1, 0.15) is 5.82 Å². The summed E-state index contributed by atoms with van der Waals surface area (Å²) in [6.07, 6.45) is 4.22. The van der Waals surface area contributed by atoms with E-state index >= 15 is 0 Å². The molecule has 1 aromatic rings. The molecule has 1 aromatic heterocycles. The number of hydrogen-bond acceptors (Lipinski definition) is 6. The van der Waals surface area contributed by atoms with Crippen LogP contribution < -0.4 is 0 Å². The lowest BCUT2D eigenvalue weighted by atomic mass is 9.79. The van der Waals surface area contributed by atoms with Crippen LogP contribution in [0, 0.1) is 5.41 Å². The van der Waals surface area contributed by atoms with E-state index in [-0.39, 0.29) is 19.6 Å². The molecule has 0 spiro atoms. The molecule has 0 amide bonds. The summed E-state index contributed by atoms with van der Waals surface area (Å²) in [5.74, 6) is -0.720. The molecular formula is C15H22N2O4. The summed E-state index contributed by atoms with van der Waals surface area (Å²) in [5, 5.41) is 0. The van der Waals surface area contributed by atoms with Crippen molar-refractivity contribution in [2.75, 3.05) is 13.2 Å². The van der Waals surface area contributed by atoms with Crippen molar-refractivity contribution in [1.82, 2.24) is 9.97 Å². The van der Waals surface area contributed by atoms with Crippen molar-refractivity contribution in [1.29, 1.82) is 0 Å². The van der Waals surface area contributed by atoms with E-state index in [9.17, 15) is 9.59 Å². The van der Waals surface area contributed by atoms with Gasteiger partial charge in [-0.15, -0.1) is 0 Å². The first kappa shape index (κ1) is 17.1. The molecule has 116 valence electrons. The van der Waals surface area contributed by atoms with E-state index < -0.39 is 17.4 Å². The minimum absolute atomic E-state index is 0.0827. The second-order valence-electron chi connectivity index (χ2n) is 4.61. The Hall–Kier alpha value is -1.98. The number of esters is 2. The third-order valence-corrected chi connectivity index (χ3v) is 3.09. The van der Waals surface area contributed by atoms with Crippen LogP contribution in [0.2, 0.25) is 0 Å². The van der Waals surface area contributed by atoms with E-state index in [2.05, 4.69) is 9.97 Å². The molecule has 1 heterocycles. The van der Waals surface area contributed by atoms with Gasteiger partial charge in [-0.25, -0.2) is 9.97 Å². The SMILES string of the molecule is CCCC(Cc1ncccn1)(C(=O)OCC)C(=O)OCC. The highest BCUT2D eigenvalue weighted by atomic mass is 16.6. The molecule has 6 heteroatoms. The molecule has 0 atom stereocenters. The van der Waals surface area contributed by atoms with Crippen LogP contribution in [-0.4, -0.2) is 35.1 Å². The summed E-state index contributed by atoms with van der Waals surface area (Å²) < 4.78 is 10.2. The largest absolute Gasteiger partial charge is 0.465 e. The molecule has 0 unspecified atom stereocenters. The number of aromatic nitrogens is 2. The molecule has 0 saturated carbocycles. The van der Waals surface area contributed by atoms with Crippen LogP contribution in [0.5, 0.6) is 0 Å². The van der Waals surface area contributed by atoms with Gasteiger partial charge in [-0.3, -0.25) is 9.59 Å². The van der Waals surface area contributed by atoms with Crippen LogP contribution in [0.25, 0.3) is 0 Å². The summed E-state index contributed by atoms with van der Waals surface area (Å²) in [4.78, 5) is 33.0. The van der Waals surface area contributed by atoms with Gasteiger partial charge in [0.15, 0.2) is 5.41 Å². The first-order valence-electron chi connectivity index (χ1n) is 7.21. The highest BCUT2D eigenvalue weighted by Crippen LogP contribution is 2.31. The van der Waals surface area contributed by atoms with Crippen LogP contribution in [0.15, 0.2) is 18.5 Å². The molecule has 0 saturated heterocycles. The van der Waals surface area contributed by atoms with Crippen molar-refractivity contribution in [2.45, 2.75) is 40.0 Å². The van der Waals surface area contributed by atoms with Crippen molar-refractivity contribution >= 4 is 11.9 Å². The van der Waals surface area contributed by atoms with Crippen LogP contribution in [0.4, 0.5) is 0 Å². The number of nitrogens with zero attached hydrogens (tertiary/aromatic N) is 2. The van der Waals surface area contributed by atoms with E-state index in [1.807, 2.05) is 6.92 Å². The van der Waals surface area contributed by atoms with E-state index in [1.165, 1.54) is 0 Å². The molecule has 21 heavy (non-hydrogen) atoms. The van der Waals surface area contributed by atoms with Crippen LogP contribution in [0.3, 0.4) is 0 Å². The maximum absolute atomic E-state index is 12.4. The van der Waals surface area contributed by atoms with Gasteiger partial charge < -0.3 is 9.47 Å². The van der Waals surface area contributed by atoms with Gasteiger partial charge in [0.25, 0.3) is 0 Å². The van der Waals surface area contributed by atoms with Crippen molar-refractivity contribution < 1.29 is 19.1 Å². The molecule has 0 radical (unpaired) electrons. The predicted octanol–water partition coefficient (Wildman–Crippen LogP) is 1.93. The van der Waals surface area contributed by atoms with E-state index in [0.717, 1.165) is 0 Å². The Morgan fingerprint density at radius 2 is 1.57 bits per heavy atom. The molecule has 1 rings (SSSR count). The fraction of sp³-hybridized carbons (Fsp3) is 0.600. The Morgan fingerprint density at radius 1 is 1.05 bits per heavy atom. The molecule has 0 bridgehead atoms. The lowest BCUT2D eigenvalue weighted by molar-refractivity contribution is -0.173. The number of ether oxygens (including phenoxy) is 2. The Labute approximate surface area is 124 Å². The molecule has 0 aromatic carbocycles. The molecule has 0 aliphatic rings. The second-order valence-corrected chi connectivity index (χ2v) is 4.61. The maximum atomic E-state index is 12.4. The lowest BCUT2D eigenvalue weighted by Crippen LogP contribution is -2.44. The first-order chi connectivity index (χ1) is 10.1. The monoisotopic (exact) mass is 294 g/mol. The Bertz CT molecular complexity index is 444. The summed E-state index contributed by atoms with van der Waals surface area (Å²) in [7, 11) is 0. The summed E-state index contributed by atoms with van der Waals surface area (Å²) in [5.41, 5.74) is -1.37. The summed E-state index contributed by atoms with van der Waals surface area (Å²) >= 11 is 0. The normalized spacial score (nSPS) is 11.0. The fourth-order valence-electron chi connectivity index (χ4n) is 2.18. The Balaban J connectivity index is 3.15. The smallest absolute Gasteiger partial charge is 0.323 e. The average molecular weight is 294 g/mol. The van der Waals surface area contributed by atoms with Crippen LogP contribution in [-0.2, 0) is 25.5 Å². The van der Waals surface area contributed by atoms with Gasteiger partial charge in [-0.1, -0.05) is 13.3 Å². The van der Waals surface area contributed by atoms with Crippen LogP contribution >= 0.6 is 0 Å². The number of hydrogen-bond donors (Lipinski definition) is 0. The average Bonchev–Trinajstić information content (AvgIpc) is 2.48. The highest BCUT2D eigenvalue weighted by Gasteiger charge is 2.48. The number of carbonyl (C=O) groups is 2. The maximum Gasteiger partial charge on any atom is 0.323 e. The first-order valence-corrected chi connectivity index (χ1v) is 7.21. The molecule has 0 aliphatic carbocycles. The molecule has 0 fully saturated rings. The van der Waals surface area contributed by atoms with Crippen molar-refractivity contribution in [2.24, 2.45) is 5.41 Å². The van der Waals surface area contributed by atoms with E-state index in [4.69, 9.17) is 9.47 Å². The highest BCUT2D eigenvalue weighted by molar-refractivity contribution is 6.00. The minimum atomic E-state index is -1.37. The minimum Gasteiger partial charge on any atom is -0.465 e. The van der Waals surface area contributed by atoms with E-state index in [0.29, 0.717) is 18.7 Å². The van der Waals surface area contributed by atoms with Crippen molar-refractivity contribution in [3.8, 4) is 0 Å². The fourth-order valence-corrected chi connectivity index (χ4v) is 2.18. The number of rotatable bonds is 8. The molecule has 0 aliphatic heterocycles. The predicted molar refractivity (Wildman–Crippen MR) is 76.3 cm³/mol. The lowest BCUT2D eigenvalue weighted by Gasteiger charge is -2.28. The third-order valence-electron chi connectivity index (χ3n) is 3.09. The van der Waals surface area contributed by atoms with Crippen molar-refractivity contribution in [3.63, 3.8) is 0 Å². The van der Waals surface area contributed by atoms with Gasteiger partial charge in [0, 0.05) is 18.8 Å². The van der Waals surface area contributed by atoms with Gasteiger partial charge >= 0.3 is 11.9 Å². The summed E-state index contributed by atoms with van der Waals surface area (Å²) in [6, 6.07) is 1.68. The standard InChI is InChI=1S/C15H22N2O4/c1-4-8-15(13(18)20-5-2,14(19)21-6-3)11-12-16-9-7-10-17-12/h7,9-10H,4-6,8,11H2,1-3H3.